The lowest BCUT2D eigenvalue weighted by Crippen LogP contribution is -2.41. The van der Waals surface area contributed by atoms with Crippen LogP contribution in [0.1, 0.15) is 37.7 Å². The van der Waals surface area contributed by atoms with Crippen molar-refractivity contribution in [3.8, 4) is 0 Å². The molecule has 0 bridgehead atoms. The van der Waals surface area contributed by atoms with E-state index in [9.17, 15) is 4.79 Å². The predicted octanol–water partition coefficient (Wildman–Crippen LogP) is 4.24. The van der Waals surface area contributed by atoms with Gasteiger partial charge >= 0.3 is 0 Å². The van der Waals surface area contributed by atoms with Crippen molar-refractivity contribution in [3.05, 3.63) is 34.9 Å². The van der Waals surface area contributed by atoms with Crippen LogP contribution in [-0.4, -0.2) is 22.7 Å². The quantitative estimate of drug-likeness (QED) is 0.762. The number of carbonyl (C=O) groups excluding carboxylic acids is 1. The number of hydrogen-bond donors (Lipinski definition) is 0. The standard InChI is InChI=1S/C15H19Cl2NO/c16-10-15(19)18(14-4-2-1-3-5-14)11-12-6-8-13(17)9-7-12/h6-9,14H,1-5,10-11H2. The Hall–Kier alpha value is -0.730. The van der Waals surface area contributed by atoms with Crippen LogP contribution in [0.5, 0.6) is 0 Å². The van der Waals surface area contributed by atoms with Crippen LogP contribution in [0, 0.1) is 0 Å². The minimum absolute atomic E-state index is 0.0310. The van der Waals surface area contributed by atoms with Gasteiger partial charge in [0, 0.05) is 17.6 Å². The number of rotatable bonds is 4. The summed E-state index contributed by atoms with van der Waals surface area (Å²) in [5, 5.41) is 0.719. The van der Waals surface area contributed by atoms with Gasteiger partial charge in [0.25, 0.3) is 0 Å². The van der Waals surface area contributed by atoms with Crippen molar-refractivity contribution in [1.29, 1.82) is 0 Å². The molecule has 2 rings (SSSR count). The maximum absolute atomic E-state index is 12.1. The summed E-state index contributed by atoms with van der Waals surface area (Å²) in [6.45, 7) is 0.632. The van der Waals surface area contributed by atoms with Crippen LogP contribution < -0.4 is 0 Å². The first kappa shape index (κ1) is 14.7. The van der Waals surface area contributed by atoms with Gasteiger partial charge in [0.15, 0.2) is 0 Å². The van der Waals surface area contributed by atoms with Crippen molar-refractivity contribution < 1.29 is 4.79 Å². The van der Waals surface area contributed by atoms with Crippen molar-refractivity contribution in [3.63, 3.8) is 0 Å². The molecule has 0 saturated heterocycles. The highest BCUT2D eigenvalue weighted by Crippen LogP contribution is 2.24. The Labute approximate surface area is 124 Å². The van der Waals surface area contributed by atoms with Crippen LogP contribution in [0.25, 0.3) is 0 Å². The van der Waals surface area contributed by atoms with Gasteiger partial charge in [-0.25, -0.2) is 0 Å². The first-order chi connectivity index (χ1) is 9.20. The molecule has 0 radical (unpaired) electrons. The van der Waals surface area contributed by atoms with Gasteiger partial charge in [-0.05, 0) is 30.5 Å². The van der Waals surface area contributed by atoms with E-state index in [2.05, 4.69) is 0 Å². The molecule has 1 aromatic carbocycles. The summed E-state index contributed by atoms with van der Waals surface area (Å²) < 4.78 is 0. The van der Waals surface area contributed by atoms with Crippen molar-refractivity contribution in [1.82, 2.24) is 4.90 Å². The average molecular weight is 300 g/mol. The van der Waals surface area contributed by atoms with Crippen LogP contribution >= 0.6 is 23.2 Å². The number of alkyl halides is 1. The molecular weight excluding hydrogens is 281 g/mol. The van der Waals surface area contributed by atoms with Gasteiger partial charge in [-0.3, -0.25) is 4.79 Å². The van der Waals surface area contributed by atoms with E-state index < -0.39 is 0 Å². The fraction of sp³-hybridized carbons (Fsp3) is 0.533. The molecule has 0 spiro atoms. The Bertz CT molecular complexity index is 413. The fourth-order valence-electron chi connectivity index (χ4n) is 2.68. The Morgan fingerprint density at radius 2 is 1.79 bits per heavy atom. The zero-order valence-corrected chi connectivity index (χ0v) is 12.5. The fourth-order valence-corrected chi connectivity index (χ4v) is 2.96. The molecule has 4 heteroatoms. The molecule has 0 unspecified atom stereocenters. The molecular formula is C15H19Cl2NO. The summed E-state index contributed by atoms with van der Waals surface area (Å²) in [5.74, 6) is 0.0906. The molecule has 1 amide bonds. The van der Waals surface area contributed by atoms with Crippen molar-refractivity contribution >= 4 is 29.1 Å². The SMILES string of the molecule is O=C(CCl)N(Cc1ccc(Cl)cc1)C1CCCCC1. The highest BCUT2D eigenvalue weighted by Gasteiger charge is 2.24. The molecule has 2 nitrogen and oxygen atoms in total. The summed E-state index contributed by atoms with van der Waals surface area (Å²) in [7, 11) is 0. The van der Waals surface area contributed by atoms with Gasteiger partial charge in [-0.1, -0.05) is 43.0 Å². The summed E-state index contributed by atoms with van der Waals surface area (Å²) >= 11 is 11.6. The lowest BCUT2D eigenvalue weighted by Gasteiger charge is -2.34. The highest BCUT2D eigenvalue weighted by atomic mass is 35.5. The van der Waals surface area contributed by atoms with Crippen LogP contribution in [-0.2, 0) is 11.3 Å². The molecule has 19 heavy (non-hydrogen) atoms. The zero-order valence-electron chi connectivity index (χ0n) is 10.9. The van der Waals surface area contributed by atoms with Crippen molar-refractivity contribution in [2.24, 2.45) is 0 Å². The number of amides is 1. The Morgan fingerprint density at radius 3 is 2.37 bits per heavy atom. The van der Waals surface area contributed by atoms with Gasteiger partial charge in [0.1, 0.15) is 5.88 Å². The summed E-state index contributed by atoms with van der Waals surface area (Å²) in [5.41, 5.74) is 1.11. The van der Waals surface area contributed by atoms with Gasteiger partial charge in [0.2, 0.25) is 5.91 Å². The van der Waals surface area contributed by atoms with E-state index in [4.69, 9.17) is 23.2 Å². The van der Waals surface area contributed by atoms with Crippen LogP contribution in [0.15, 0.2) is 24.3 Å². The Kier molecular flexibility index (Phi) is 5.53. The number of nitrogens with zero attached hydrogens (tertiary/aromatic N) is 1. The summed E-state index contributed by atoms with van der Waals surface area (Å²) in [6, 6.07) is 8.01. The number of hydrogen-bond acceptors (Lipinski definition) is 1. The van der Waals surface area contributed by atoms with Gasteiger partial charge < -0.3 is 4.90 Å². The van der Waals surface area contributed by atoms with E-state index in [0.29, 0.717) is 12.6 Å². The number of halogens is 2. The van der Waals surface area contributed by atoms with Gasteiger partial charge in [-0.2, -0.15) is 0 Å². The van der Waals surface area contributed by atoms with Gasteiger partial charge in [0.05, 0.1) is 0 Å². The van der Waals surface area contributed by atoms with Crippen LogP contribution in [0.3, 0.4) is 0 Å². The predicted molar refractivity (Wildman–Crippen MR) is 79.6 cm³/mol. The van der Waals surface area contributed by atoms with Crippen LogP contribution in [0.2, 0.25) is 5.02 Å². The average Bonchev–Trinajstić information content (AvgIpc) is 2.47. The maximum atomic E-state index is 12.1. The topological polar surface area (TPSA) is 20.3 Å². The lowest BCUT2D eigenvalue weighted by atomic mass is 9.94. The van der Waals surface area contributed by atoms with E-state index in [1.807, 2.05) is 29.2 Å². The van der Waals surface area contributed by atoms with Crippen LogP contribution in [0.4, 0.5) is 0 Å². The Balaban J connectivity index is 2.08. The lowest BCUT2D eigenvalue weighted by molar-refractivity contribution is -0.132. The third-order valence-corrected chi connectivity index (χ3v) is 4.20. The summed E-state index contributed by atoms with van der Waals surface area (Å²) in [4.78, 5) is 14.0. The molecule has 1 aromatic rings. The van der Waals surface area contributed by atoms with Gasteiger partial charge in [-0.15, -0.1) is 11.6 Å². The first-order valence-electron chi connectivity index (χ1n) is 6.80. The third-order valence-electron chi connectivity index (χ3n) is 3.72. The number of carbonyl (C=O) groups is 1. The number of benzene rings is 1. The zero-order chi connectivity index (χ0) is 13.7. The van der Waals surface area contributed by atoms with E-state index in [0.717, 1.165) is 23.4 Å². The largest absolute Gasteiger partial charge is 0.334 e. The molecule has 0 aromatic heterocycles. The maximum Gasteiger partial charge on any atom is 0.238 e. The molecule has 1 fully saturated rings. The molecule has 1 aliphatic rings. The van der Waals surface area contributed by atoms with E-state index >= 15 is 0 Å². The second kappa shape index (κ2) is 7.16. The second-order valence-electron chi connectivity index (χ2n) is 5.07. The monoisotopic (exact) mass is 299 g/mol. The normalized spacial score (nSPS) is 16.3. The molecule has 1 aliphatic carbocycles. The minimum atomic E-state index is 0.0310. The summed E-state index contributed by atoms with van der Waals surface area (Å²) in [6.07, 6.45) is 5.88. The molecule has 104 valence electrons. The molecule has 0 N–H and O–H groups in total. The van der Waals surface area contributed by atoms with E-state index in [1.54, 1.807) is 0 Å². The van der Waals surface area contributed by atoms with Crippen molar-refractivity contribution in [2.75, 3.05) is 5.88 Å². The van der Waals surface area contributed by atoms with Crippen molar-refractivity contribution in [2.45, 2.75) is 44.7 Å². The second-order valence-corrected chi connectivity index (χ2v) is 5.78. The molecule has 1 saturated carbocycles. The highest BCUT2D eigenvalue weighted by molar-refractivity contribution is 6.30. The smallest absolute Gasteiger partial charge is 0.238 e. The third kappa shape index (κ3) is 4.12. The Morgan fingerprint density at radius 1 is 1.16 bits per heavy atom. The molecule has 0 atom stereocenters. The molecule has 0 heterocycles. The first-order valence-corrected chi connectivity index (χ1v) is 7.72. The molecule has 0 aliphatic heterocycles. The van der Waals surface area contributed by atoms with E-state index in [-0.39, 0.29) is 11.8 Å². The van der Waals surface area contributed by atoms with E-state index in [1.165, 1.54) is 19.3 Å². The minimum Gasteiger partial charge on any atom is -0.334 e.